The van der Waals surface area contributed by atoms with Crippen molar-refractivity contribution in [3.8, 4) is 67.7 Å². The van der Waals surface area contributed by atoms with Gasteiger partial charge in [-0.3, -0.25) is 9.97 Å². The first-order chi connectivity index (χ1) is 22.8. The molecule has 0 atom stereocenters. The van der Waals surface area contributed by atoms with Crippen LogP contribution >= 0.6 is 0 Å². The molecule has 0 amide bonds. The Morgan fingerprint density at radius 1 is 0.348 bits per heavy atom. The molecule has 0 spiro atoms. The van der Waals surface area contributed by atoms with Gasteiger partial charge in [-0.25, -0.2) is 15.0 Å². The Bertz CT molecular complexity index is 2210. The molecule has 0 saturated carbocycles. The Morgan fingerprint density at radius 3 is 1.65 bits per heavy atom. The molecule has 0 saturated heterocycles. The van der Waals surface area contributed by atoms with Gasteiger partial charge in [0.2, 0.25) is 0 Å². The van der Waals surface area contributed by atoms with E-state index in [0.717, 1.165) is 72.8 Å². The highest BCUT2D eigenvalue weighted by molar-refractivity contribution is 5.94. The molecule has 0 aliphatic rings. The van der Waals surface area contributed by atoms with E-state index in [0.29, 0.717) is 5.82 Å². The monoisotopic (exact) mass is 589 g/mol. The third kappa shape index (κ3) is 5.42. The van der Waals surface area contributed by atoms with Crippen molar-refractivity contribution in [3.05, 3.63) is 164 Å². The zero-order valence-electron chi connectivity index (χ0n) is 24.8. The molecule has 216 valence electrons. The molecule has 4 aromatic carbocycles. The topological polar surface area (TPSA) is 64.5 Å². The van der Waals surface area contributed by atoms with E-state index in [9.17, 15) is 0 Å². The normalized spacial score (nSPS) is 11.0. The summed E-state index contributed by atoms with van der Waals surface area (Å²) < 4.78 is 0. The predicted molar refractivity (Wildman–Crippen MR) is 186 cm³/mol. The number of para-hydroxylation sites is 1. The Hall–Kier alpha value is -6.33. The number of rotatable bonds is 6. The molecule has 0 radical (unpaired) electrons. The molecular formula is C41H27N5. The minimum absolute atomic E-state index is 0.717. The van der Waals surface area contributed by atoms with Gasteiger partial charge in [-0.1, -0.05) is 115 Å². The minimum atomic E-state index is 0.717. The first-order valence-electron chi connectivity index (χ1n) is 15.2. The molecule has 4 aromatic heterocycles. The second-order valence-electron chi connectivity index (χ2n) is 11.0. The number of hydrogen-bond donors (Lipinski definition) is 0. The van der Waals surface area contributed by atoms with Gasteiger partial charge in [0.05, 0.1) is 34.0 Å². The third-order valence-corrected chi connectivity index (χ3v) is 8.01. The van der Waals surface area contributed by atoms with E-state index < -0.39 is 0 Å². The second kappa shape index (κ2) is 12.0. The van der Waals surface area contributed by atoms with Crippen molar-refractivity contribution < 1.29 is 0 Å². The third-order valence-electron chi connectivity index (χ3n) is 8.01. The second-order valence-corrected chi connectivity index (χ2v) is 11.0. The Kier molecular flexibility index (Phi) is 7.09. The number of pyridine rings is 3. The number of fused-ring (bicyclic) bond motifs is 1. The summed E-state index contributed by atoms with van der Waals surface area (Å²) in [6, 6.07) is 51.3. The van der Waals surface area contributed by atoms with Crippen LogP contribution in [-0.2, 0) is 0 Å². The van der Waals surface area contributed by atoms with E-state index >= 15 is 0 Å². The van der Waals surface area contributed by atoms with E-state index in [2.05, 4.69) is 65.6 Å². The van der Waals surface area contributed by atoms with Crippen LogP contribution in [-0.4, -0.2) is 24.9 Å². The standard InChI is InChI=1S/C41H27N5/c1-3-11-28(12-4-1)33-25-38(36-17-9-10-24-42-36)44-39(26-33)37-23-22-32(27-43-37)29-18-20-30(21-19-29)40-34-15-7-8-16-35(34)45-41(46-40)31-13-5-2-6-14-31/h1-27H. The van der Waals surface area contributed by atoms with Crippen molar-refractivity contribution in [3.63, 3.8) is 0 Å². The number of hydrogen-bond acceptors (Lipinski definition) is 5. The summed E-state index contributed by atoms with van der Waals surface area (Å²) in [5, 5.41) is 1.02. The molecule has 46 heavy (non-hydrogen) atoms. The van der Waals surface area contributed by atoms with Crippen LogP contribution in [0.2, 0.25) is 0 Å². The van der Waals surface area contributed by atoms with Crippen LogP contribution in [0.15, 0.2) is 164 Å². The predicted octanol–water partition coefficient (Wildman–Crippen LogP) is 9.82. The summed E-state index contributed by atoms with van der Waals surface area (Å²) in [7, 11) is 0. The van der Waals surface area contributed by atoms with Gasteiger partial charge < -0.3 is 0 Å². The van der Waals surface area contributed by atoms with Crippen LogP contribution < -0.4 is 0 Å². The summed E-state index contributed by atoms with van der Waals surface area (Å²) in [4.78, 5) is 24.2. The number of aromatic nitrogens is 5. The van der Waals surface area contributed by atoms with Crippen molar-refractivity contribution in [1.29, 1.82) is 0 Å². The van der Waals surface area contributed by atoms with Crippen molar-refractivity contribution in [1.82, 2.24) is 24.9 Å². The summed E-state index contributed by atoms with van der Waals surface area (Å²) in [6.07, 6.45) is 3.70. The zero-order chi connectivity index (χ0) is 30.7. The van der Waals surface area contributed by atoms with Crippen LogP contribution in [0.5, 0.6) is 0 Å². The van der Waals surface area contributed by atoms with E-state index in [1.807, 2.05) is 97.2 Å². The molecule has 4 heterocycles. The van der Waals surface area contributed by atoms with Crippen molar-refractivity contribution in [2.75, 3.05) is 0 Å². The fourth-order valence-electron chi connectivity index (χ4n) is 5.65. The van der Waals surface area contributed by atoms with E-state index in [1.165, 1.54) is 0 Å². The van der Waals surface area contributed by atoms with Crippen molar-refractivity contribution in [2.45, 2.75) is 0 Å². The lowest BCUT2D eigenvalue weighted by Gasteiger charge is -2.11. The van der Waals surface area contributed by atoms with Gasteiger partial charge in [0.25, 0.3) is 0 Å². The molecule has 5 heteroatoms. The molecular weight excluding hydrogens is 562 g/mol. The summed E-state index contributed by atoms with van der Waals surface area (Å²) in [5.74, 6) is 0.717. The number of benzene rings is 4. The minimum Gasteiger partial charge on any atom is -0.255 e. The van der Waals surface area contributed by atoms with E-state index in [-0.39, 0.29) is 0 Å². The van der Waals surface area contributed by atoms with Crippen LogP contribution in [0, 0.1) is 0 Å². The Balaban J connectivity index is 1.13. The number of nitrogens with zero attached hydrogens (tertiary/aromatic N) is 5. The van der Waals surface area contributed by atoms with Crippen LogP contribution in [0.25, 0.3) is 78.6 Å². The molecule has 5 nitrogen and oxygen atoms in total. The van der Waals surface area contributed by atoms with Gasteiger partial charge in [0, 0.05) is 34.5 Å². The molecule has 0 aliphatic heterocycles. The van der Waals surface area contributed by atoms with Crippen LogP contribution in [0.4, 0.5) is 0 Å². The van der Waals surface area contributed by atoms with Gasteiger partial charge in [-0.15, -0.1) is 0 Å². The largest absolute Gasteiger partial charge is 0.255 e. The molecule has 0 unspecified atom stereocenters. The lowest BCUT2D eigenvalue weighted by molar-refractivity contribution is 1.22. The molecule has 0 N–H and O–H groups in total. The zero-order valence-corrected chi connectivity index (χ0v) is 24.8. The maximum absolute atomic E-state index is 5.01. The Morgan fingerprint density at radius 2 is 0.957 bits per heavy atom. The van der Waals surface area contributed by atoms with Gasteiger partial charge in [0.1, 0.15) is 0 Å². The van der Waals surface area contributed by atoms with Gasteiger partial charge in [0.15, 0.2) is 5.82 Å². The van der Waals surface area contributed by atoms with E-state index in [4.69, 9.17) is 19.9 Å². The smallest absolute Gasteiger partial charge is 0.160 e. The highest BCUT2D eigenvalue weighted by Gasteiger charge is 2.13. The maximum atomic E-state index is 5.01. The van der Waals surface area contributed by atoms with Crippen molar-refractivity contribution >= 4 is 10.9 Å². The SMILES string of the molecule is c1ccc(-c2cc(-c3ccccn3)nc(-c3ccc(-c4ccc(-c5nc(-c6ccccc6)nc6ccccc56)cc4)cn3)c2)cc1. The lowest BCUT2D eigenvalue weighted by Crippen LogP contribution is -1.95. The first-order valence-corrected chi connectivity index (χ1v) is 15.2. The molecule has 8 rings (SSSR count). The highest BCUT2D eigenvalue weighted by Crippen LogP contribution is 2.32. The van der Waals surface area contributed by atoms with Crippen LogP contribution in [0.1, 0.15) is 0 Å². The Labute approximate surface area is 267 Å². The molecule has 0 fully saturated rings. The summed E-state index contributed by atoms with van der Waals surface area (Å²) in [6.45, 7) is 0. The fourth-order valence-corrected chi connectivity index (χ4v) is 5.65. The van der Waals surface area contributed by atoms with Crippen molar-refractivity contribution in [2.24, 2.45) is 0 Å². The summed E-state index contributed by atoms with van der Waals surface area (Å²) >= 11 is 0. The maximum Gasteiger partial charge on any atom is 0.160 e. The van der Waals surface area contributed by atoms with Crippen LogP contribution in [0.3, 0.4) is 0 Å². The van der Waals surface area contributed by atoms with Gasteiger partial charge in [-0.2, -0.15) is 0 Å². The van der Waals surface area contributed by atoms with Gasteiger partial charge in [-0.05, 0) is 53.1 Å². The lowest BCUT2D eigenvalue weighted by atomic mass is 10.0. The van der Waals surface area contributed by atoms with E-state index in [1.54, 1.807) is 6.20 Å². The fraction of sp³-hybridized carbons (Fsp3) is 0. The molecule has 8 aromatic rings. The first kappa shape index (κ1) is 27.2. The highest BCUT2D eigenvalue weighted by atomic mass is 14.9. The summed E-state index contributed by atoms with van der Waals surface area (Å²) in [5.41, 5.74) is 11.4. The average molecular weight is 590 g/mol. The molecule has 0 aliphatic carbocycles. The van der Waals surface area contributed by atoms with Gasteiger partial charge >= 0.3 is 0 Å². The molecule has 0 bridgehead atoms. The average Bonchev–Trinajstić information content (AvgIpc) is 3.15. The quantitative estimate of drug-likeness (QED) is 0.193.